The van der Waals surface area contributed by atoms with Crippen LogP contribution in [0.3, 0.4) is 0 Å². The lowest BCUT2D eigenvalue weighted by Crippen LogP contribution is -2.10. The summed E-state index contributed by atoms with van der Waals surface area (Å²) in [5.74, 6) is 0. The highest BCUT2D eigenvalue weighted by molar-refractivity contribution is 9.10. The predicted octanol–water partition coefficient (Wildman–Crippen LogP) is 4.73. The van der Waals surface area contributed by atoms with Crippen molar-refractivity contribution in [1.29, 1.82) is 0 Å². The van der Waals surface area contributed by atoms with Crippen molar-refractivity contribution in [3.63, 3.8) is 0 Å². The molecule has 16 heavy (non-hydrogen) atoms. The van der Waals surface area contributed by atoms with Crippen molar-refractivity contribution >= 4 is 15.9 Å². The number of halogens is 1. The molecule has 0 saturated carbocycles. The van der Waals surface area contributed by atoms with E-state index in [9.17, 15) is 0 Å². The van der Waals surface area contributed by atoms with Crippen molar-refractivity contribution in [2.24, 2.45) is 5.73 Å². The number of nitrogens with two attached hydrogens (primary N) is 1. The van der Waals surface area contributed by atoms with Crippen LogP contribution in [0.5, 0.6) is 0 Å². The molecule has 1 atom stereocenters. The predicted molar refractivity (Wildman–Crippen MR) is 74.6 cm³/mol. The highest BCUT2D eigenvalue weighted by Gasteiger charge is 2.06. The van der Waals surface area contributed by atoms with Crippen molar-refractivity contribution in [2.45, 2.75) is 52.0 Å². The van der Waals surface area contributed by atoms with Gasteiger partial charge in [0, 0.05) is 10.5 Å². The number of benzene rings is 1. The van der Waals surface area contributed by atoms with Crippen LogP contribution in [0, 0.1) is 6.92 Å². The van der Waals surface area contributed by atoms with E-state index < -0.39 is 0 Å². The zero-order chi connectivity index (χ0) is 12.0. The molecule has 0 radical (unpaired) electrons. The summed E-state index contributed by atoms with van der Waals surface area (Å²) < 4.78 is 1.13. The van der Waals surface area contributed by atoms with Crippen molar-refractivity contribution < 1.29 is 0 Å². The summed E-state index contributed by atoms with van der Waals surface area (Å²) in [6.07, 6.45) is 6.24. The lowest BCUT2D eigenvalue weighted by Gasteiger charge is -2.13. The largest absolute Gasteiger partial charge is 0.324 e. The molecule has 0 amide bonds. The first-order chi connectivity index (χ1) is 7.63. The fourth-order valence-corrected chi connectivity index (χ4v) is 2.56. The first-order valence-corrected chi connectivity index (χ1v) is 6.95. The van der Waals surface area contributed by atoms with Gasteiger partial charge in [0.25, 0.3) is 0 Å². The van der Waals surface area contributed by atoms with E-state index in [1.165, 1.54) is 36.8 Å². The molecule has 0 aliphatic heterocycles. The lowest BCUT2D eigenvalue weighted by atomic mass is 9.99. The molecule has 0 aliphatic carbocycles. The van der Waals surface area contributed by atoms with Gasteiger partial charge in [-0.2, -0.15) is 0 Å². The van der Waals surface area contributed by atoms with Crippen molar-refractivity contribution in [3.8, 4) is 0 Å². The number of hydrogen-bond donors (Lipinski definition) is 1. The van der Waals surface area contributed by atoms with Crippen LogP contribution >= 0.6 is 15.9 Å². The average molecular weight is 284 g/mol. The fourth-order valence-electron chi connectivity index (χ4n) is 1.94. The molecule has 0 aliphatic rings. The van der Waals surface area contributed by atoms with Gasteiger partial charge in [0.2, 0.25) is 0 Å². The van der Waals surface area contributed by atoms with E-state index in [-0.39, 0.29) is 6.04 Å². The highest BCUT2D eigenvalue weighted by atomic mass is 79.9. The first kappa shape index (κ1) is 13.7. The summed E-state index contributed by atoms with van der Waals surface area (Å²) in [5, 5.41) is 0. The number of hydrogen-bond acceptors (Lipinski definition) is 1. The summed E-state index contributed by atoms with van der Waals surface area (Å²) in [6.45, 7) is 4.34. The van der Waals surface area contributed by atoms with Gasteiger partial charge in [-0.1, -0.05) is 54.6 Å². The maximum absolute atomic E-state index is 6.19. The molecule has 0 bridgehead atoms. The van der Waals surface area contributed by atoms with Crippen LogP contribution in [0.25, 0.3) is 0 Å². The van der Waals surface area contributed by atoms with E-state index in [0.717, 1.165) is 10.9 Å². The van der Waals surface area contributed by atoms with Crippen LogP contribution in [0.4, 0.5) is 0 Å². The average Bonchev–Trinajstić information content (AvgIpc) is 2.22. The lowest BCUT2D eigenvalue weighted by molar-refractivity contribution is 0.566. The highest BCUT2D eigenvalue weighted by Crippen LogP contribution is 2.23. The van der Waals surface area contributed by atoms with Gasteiger partial charge < -0.3 is 5.73 Å². The third-order valence-corrected chi connectivity index (χ3v) is 3.32. The topological polar surface area (TPSA) is 26.0 Å². The van der Waals surface area contributed by atoms with E-state index >= 15 is 0 Å². The number of rotatable bonds is 6. The van der Waals surface area contributed by atoms with Crippen LogP contribution < -0.4 is 5.73 Å². The minimum atomic E-state index is 0.188. The molecule has 0 saturated heterocycles. The molecule has 1 rings (SSSR count). The smallest absolute Gasteiger partial charge is 0.0295 e. The van der Waals surface area contributed by atoms with Crippen molar-refractivity contribution in [3.05, 3.63) is 33.8 Å². The first-order valence-electron chi connectivity index (χ1n) is 6.16. The Labute approximate surface area is 108 Å². The minimum Gasteiger partial charge on any atom is -0.324 e. The minimum absolute atomic E-state index is 0.188. The second kappa shape index (κ2) is 7.08. The van der Waals surface area contributed by atoms with Gasteiger partial charge >= 0.3 is 0 Å². The molecular weight excluding hydrogens is 262 g/mol. The van der Waals surface area contributed by atoms with E-state index in [1.807, 2.05) is 0 Å². The summed E-state index contributed by atoms with van der Waals surface area (Å²) in [5.41, 5.74) is 8.72. The van der Waals surface area contributed by atoms with Crippen molar-refractivity contribution in [1.82, 2.24) is 0 Å². The maximum atomic E-state index is 6.19. The Kier molecular flexibility index (Phi) is 6.07. The van der Waals surface area contributed by atoms with Crippen LogP contribution in [0.1, 0.15) is 56.2 Å². The summed E-state index contributed by atoms with van der Waals surface area (Å²) in [4.78, 5) is 0. The molecule has 1 aromatic rings. The normalized spacial score (nSPS) is 12.8. The van der Waals surface area contributed by atoms with Crippen LogP contribution in [-0.2, 0) is 0 Å². The van der Waals surface area contributed by atoms with Crippen molar-refractivity contribution in [2.75, 3.05) is 0 Å². The zero-order valence-electron chi connectivity index (χ0n) is 10.3. The molecular formula is C14H22BrN. The van der Waals surface area contributed by atoms with E-state index in [2.05, 4.69) is 48.0 Å². The zero-order valence-corrected chi connectivity index (χ0v) is 11.9. The quantitative estimate of drug-likeness (QED) is 0.751. The molecule has 0 fully saturated rings. The van der Waals surface area contributed by atoms with Gasteiger partial charge in [0.1, 0.15) is 0 Å². The van der Waals surface area contributed by atoms with Gasteiger partial charge in [-0.25, -0.2) is 0 Å². The summed E-state index contributed by atoms with van der Waals surface area (Å²) in [6, 6.07) is 6.63. The molecule has 2 heteroatoms. The number of aryl methyl sites for hydroxylation is 1. The molecule has 0 spiro atoms. The standard InChI is InChI=1S/C14H22BrN/c1-3-4-5-6-7-14(16)12-8-11(2)9-13(15)10-12/h8-10,14H,3-7,16H2,1-2H3. The van der Waals surface area contributed by atoms with E-state index in [4.69, 9.17) is 5.73 Å². The molecule has 2 N–H and O–H groups in total. The van der Waals surface area contributed by atoms with E-state index in [0.29, 0.717) is 0 Å². The second-order valence-electron chi connectivity index (χ2n) is 4.52. The molecule has 0 heterocycles. The van der Waals surface area contributed by atoms with Crippen LogP contribution in [0.15, 0.2) is 22.7 Å². The third kappa shape index (κ3) is 4.67. The molecule has 1 nitrogen and oxygen atoms in total. The second-order valence-corrected chi connectivity index (χ2v) is 5.43. The van der Waals surface area contributed by atoms with Gasteiger partial charge in [0.05, 0.1) is 0 Å². The third-order valence-electron chi connectivity index (χ3n) is 2.86. The van der Waals surface area contributed by atoms with Gasteiger partial charge in [-0.3, -0.25) is 0 Å². The fraction of sp³-hybridized carbons (Fsp3) is 0.571. The summed E-state index contributed by atoms with van der Waals surface area (Å²) in [7, 11) is 0. The Balaban J connectivity index is 2.48. The van der Waals surface area contributed by atoms with Gasteiger partial charge in [-0.05, 0) is 36.6 Å². The van der Waals surface area contributed by atoms with Gasteiger partial charge in [0.15, 0.2) is 0 Å². The maximum Gasteiger partial charge on any atom is 0.0295 e. The monoisotopic (exact) mass is 283 g/mol. The Morgan fingerprint density at radius 1 is 1.19 bits per heavy atom. The SMILES string of the molecule is CCCCCCC(N)c1cc(C)cc(Br)c1. The Morgan fingerprint density at radius 2 is 1.94 bits per heavy atom. The molecule has 90 valence electrons. The van der Waals surface area contributed by atoms with Crippen LogP contribution in [-0.4, -0.2) is 0 Å². The van der Waals surface area contributed by atoms with Gasteiger partial charge in [-0.15, -0.1) is 0 Å². The molecule has 0 aromatic heterocycles. The Hall–Kier alpha value is -0.340. The Morgan fingerprint density at radius 3 is 2.56 bits per heavy atom. The molecule has 1 aromatic carbocycles. The van der Waals surface area contributed by atoms with Crippen LogP contribution in [0.2, 0.25) is 0 Å². The Bertz CT molecular complexity index is 302. The summed E-state index contributed by atoms with van der Waals surface area (Å²) >= 11 is 3.52. The molecule has 1 unspecified atom stereocenters. The van der Waals surface area contributed by atoms with E-state index in [1.54, 1.807) is 0 Å². The number of unbranched alkanes of at least 4 members (excludes halogenated alkanes) is 3.